The summed E-state index contributed by atoms with van der Waals surface area (Å²) in [5.41, 5.74) is 9.36. The highest BCUT2D eigenvalue weighted by Crippen LogP contribution is 2.23. The molecule has 0 amide bonds. The summed E-state index contributed by atoms with van der Waals surface area (Å²) in [5.74, 6) is 0.657. The Morgan fingerprint density at radius 2 is 1.70 bits per heavy atom. The van der Waals surface area contributed by atoms with E-state index < -0.39 is 0 Å². The van der Waals surface area contributed by atoms with Crippen LogP contribution in [-0.4, -0.2) is 16.3 Å². The largest absolute Gasteiger partial charge is 0.358 e. The van der Waals surface area contributed by atoms with E-state index >= 15 is 0 Å². The Labute approximate surface area is 149 Å². The third-order valence-electron chi connectivity index (χ3n) is 4.48. The van der Waals surface area contributed by atoms with Crippen LogP contribution in [-0.2, 0) is 0 Å². The van der Waals surface area contributed by atoms with E-state index in [1.807, 2.05) is 6.07 Å². The predicted molar refractivity (Wildman–Crippen MR) is 106 cm³/mol. The maximum Gasteiger partial charge on any atom is 0.189 e. The van der Waals surface area contributed by atoms with E-state index in [0.29, 0.717) is 22.2 Å². The van der Waals surface area contributed by atoms with Gasteiger partial charge in [-0.25, -0.2) is 0 Å². The van der Waals surface area contributed by atoms with Crippen LogP contribution in [0.15, 0.2) is 18.2 Å². The zero-order valence-corrected chi connectivity index (χ0v) is 15.7. The first-order valence-corrected chi connectivity index (χ1v) is 8.98. The summed E-state index contributed by atoms with van der Waals surface area (Å²) in [6, 6.07) is 6.61. The summed E-state index contributed by atoms with van der Waals surface area (Å²) in [4.78, 5) is 0. The molecule has 0 spiro atoms. The number of thiocarbonyl (C=S) groups is 2. The molecule has 0 saturated heterocycles. The van der Waals surface area contributed by atoms with Crippen LogP contribution in [0.2, 0.25) is 0 Å². The van der Waals surface area contributed by atoms with Gasteiger partial charge in [0, 0.05) is 11.7 Å². The second-order valence-corrected chi connectivity index (χ2v) is 7.16. The first-order chi connectivity index (χ1) is 11.0. The van der Waals surface area contributed by atoms with Crippen molar-refractivity contribution in [1.29, 1.82) is 0 Å². The SMILES string of the molecule is Cc1ccc(NC(=S)NNC(=S)N[C@H]2CCCC[C@@H]2C)cc1C. The Hall–Kier alpha value is -1.40. The van der Waals surface area contributed by atoms with E-state index in [4.69, 9.17) is 24.4 Å². The molecule has 0 radical (unpaired) electrons. The molecular formula is C17H26N4S2. The van der Waals surface area contributed by atoms with Crippen LogP contribution in [0.25, 0.3) is 0 Å². The molecule has 0 bridgehead atoms. The molecule has 126 valence electrons. The van der Waals surface area contributed by atoms with E-state index in [2.05, 4.69) is 54.4 Å². The van der Waals surface area contributed by atoms with Crippen molar-refractivity contribution in [1.82, 2.24) is 16.2 Å². The van der Waals surface area contributed by atoms with Crippen molar-refractivity contribution < 1.29 is 0 Å². The van der Waals surface area contributed by atoms with Crippen molar-refractivity contribution in [2.75, 3.05) is 5.32 Å². The van der Waals surface area contributed by atoms with Gasteiger partial charge in [-0.3, -0.25) is 10.9 Å². The fourth-order valence-corrected chi connectivity index (χ4v) is 3.20. The van der Waals surface area contributed by atoms with Crippen molar-refractivity contribution in [3.05, 3.63) is 29.3 Å². The fourth-order valence-electron chi connectivity index (χ4n) is 2.83. The average Bonchev–Trinajstić information content (AvgIpc) is 2.51. The first-order valence-electron chi connectivity index (χ1n) is 8.16. The molecule has 23 heavy (non-hydrogen) atoms. The van der Waals surface area contributed by atoms with Crippen molar-refractivity contribution in [3.63, 3.8) is 0 Å². The molecule has 1 aromatic rings. The van der Waals surface area contributed by atoms with Gasteiger partial charge in [-0.1, -0.05) is 25.8 Å². The molecule has 1 aliphatic carbocycles. The summed E-state index contributed by atoms with van der Waals surface area (Å²) < 4.78 is 0. The highest BCUT2D eigenvalue weighted by molar-refractivity contribution is 7.80. The van der Waals surface area contributed by atoms with E-state index in [9.17, 15) is 0 Å². The number of rotatable bonds is 2. The summed E-state index contributed by atoms with van der Waals surface area (Å²) in [5, 5.41) is 7.61. The lowest BCUT2D eigenvalue weighted by Crippen LogP contribution is -2.52. The van der Waals surface area contributed by atoms with Crippen molar-refractivity contribution >= 4 is 40.3 Å². The summed E-state index contributed by atoms with van der Waals surface area (Å²) in [6.07, 6.45) is 5.03. The van der Waals surface area contributed by atoms with Gasteiger partial charge in [-0.05, 0) is 80.3 Å². The number of benzene rings is 1. The van der Waals surface area contributed by atoms with Gasteiger partial charge in [0.15, 0.2) is 10.2 Å². The zero-order chi connectivity index (χ0) is 16.8. The smallest absolute Gasteiger partial charge is 0.189 e. The van der Waals surface area contributed by atoms with Gasteiger partial charge in [0.2, 0.25) is 0 Å². The highest BCUT2D eigenvalue weighted by atomic mass is 32.1. The van der Waals surface area contributed by atoms with E-state index in [0.717, 1.165) is 5.69 Å². The van der Waals surface area contributed by atoms with Gasteiger partial charge in [-0.2, -0.15) is 0 Å². The normalized spacial score (nSPS) is 20.5. The molecule has 0 aliphatic heterocycles. The Balaban J connectivity index is 1.75. The van der Waals surface area contributed by atoms with E-state index in [1.165, 1.54) is 36.8 Å². The van der Waals surface area contributed by atoms with Gasteiger partial charge in [0.05, 0.1) is 0 Å². The van der Waals surface area contributed by atoms with Gasteiger partial charge >= 0.3 is 0 Å². The Kier molecular flexibility index (Phi) is 6.59. The molecule has 1 fully saturated rings. The van der Waals surface area contributed by atoms with Gasteiger partial charge in [-0.15, -0.1) is 0 Å². The molecule has 0 unspecified atom stereocenters. The van der Waals surface area contributed by atoms with Crippen molar-refractivity contribution in [3.8, 4) is 0 Å². The summed E-state index contributed by atoms with van der Waals surface area (Å²) >= 11 is 10.6. The van der Waals surface area contributed by atoms with Crippen LogP contribution in [0.4, 0.5) is 5.69 Å². The van der Waals surface area contributed by atoms with Crippen molar-refractivity contribution in [2.24, 2.45) is 5.92 Å². The third-order valence-corrected chi connectivity index (χ3v) is 4.91. The maximum absolute atomic E-state index is 5.34. The monoisotopic (exact) mass is 350 g/mol. The summed E-state index contributed by atoms with van der Waals surface area (Å²) in [7, 11) is 0. The van der Waals surface area contributed by atoms with Crippen LogP contribution >= 0.6 is 24.4 Å². The van der Waals surface area contributed by atoms with E-state index in [1.54, 1.807) is 0 Å². The molecule has 2 rings (SSSR count). The number of aryl methyl sites for hydroxylation is 2. The summed E-state index contributed by atoms with van der Waals surface area (Å²) in [6.45, 7) is 6.45. The minimum atomic E-state index is 0.451. The Bertz CT molecular complexity index is 574. The average molecular weight is 351 g/mol. The molecule has 2 atom stereocenters. The number of anilines is 1. The lowest BCUT2D eigenvalue weighted by Gasteiger charge is -2.30. The number of hydrogen-bond acceptors (Lipinski definition) is 2. The molecule has 4 N–H and O–H groups in total. The Morgan fingerprint density at radius 3 is 2.39 bits per heavy atom. The maximum atomic E-state index is 5.34. The van der Waals surface area contributed by atoms with Crippen LogP contribution < -0.4 is 21.5 Å². The lowest BCUT2D eigenvalue weighted by molar-refractivity contribution is 0.308. The zero-order valence-electron chi connectivity index (χ0n) is 14.0. The molecule has 0 aromatic heterocycles. The first kappa shape index (κ1) is 17.9. The Morgan fingerprint density at radius 1 is 1.00 bits per heavy atom. The second-order valence-electron chi connectivity index (χ2n) is 6.34. The third kappa shape index (κ3) is 5.62. The van der Waals surface area contributed by atoms with Crippen LogP contribution in [0.3, 0.4) is 0 Å². The van der Waals surface area contributed by atoms with Crippen LogP contribution in [0.5, 0.6) is 0 Å². The quantitative estimate of drug-likeness (QED) is 0.483. The fraction of sp³-hybridized carbons (Fsp3) is 0.529. The highest BCUT2D eigenvalue weighted by Gasteiger charge is 2.21. The molecular weight excluding hydrogens is 324 g/mol. The minimum absolute atomic E-state index is 0.451. The predicted octanol–water partition coefficient (Wildman–Crippen LogP) is 3.55. The van der Waals surface area contributed by atoms with Gasteiger partial charge < -0.3 is 10.6 Å². The van der Waals surface area contributed by atoms with E-state index in [-0.39, 0.29) is 0 Å². The number of nitrogens with one attached hydrogen (secondary N) is 4. The topological polar surface area (TPSA) is 48.1 Å². The molecule has 6 heteroatoms. The molecule has 1 aliphatic rings. The molecule has 1 aromatic carbocycles. The standard InChI is InChI=1S/C17H26N4S2/c1-11-8-9-14(10-13(11)3)18-16(22)20-21-17(23)19-15-7-5-4-6-12(15)2/h8-10,12,15H,4-7H2,1-3H3,(H2,18,20,22)(H2,19,21,23)/t12-,15-/m0/s1. The van der Waals surface area contributed by atoms with Crippen molar-refractivity contribution in [2.45, 2.75) is 52.5 Å². The lowest BCUT2D eigenvalue weighted by atomic mass is 9.86. The van der Waals surface area contributed by atoms with Gasteiger partial charge in [0.25, 0.3) is 0 Å². The molecule has 0 heterocycles. The second kappa shape index (κ2) is 8.45. The number of hydrogen-bond donors (Lipinski definition) is 4. The molecule has 4 nitrogen and oxygen atoms in total. The van der Waals surface area contributed by atoms with Gasteiger partial charge in [0.1, 0.15) is 0 Å². The number of hydrazine groups is 1. The van der Waals surface area contributed by atoms with Crippen LogP contribution in [0.1, 0.15) is 43.7 Å². The molecule has 1 saturated carbocycles. The minimum Gasteiger partial charge on any atom is -0.358 e. The van der Waals surface area contributed by atoms with Crippen LogP contribution in [0, 0.1) is 19.8 Å².